The quantitative estimate of drug-likeness (QED) is 0.694. The lowest BCUT2D eigenvalue weighted by molar-refractivity contribution is 0.103. The average Bonchev–Trinajstić information content (AvgIpc) is 3.07. The van der Waals surface area contributed by atoms with E-state index in [4.69, 9.17) is 23.2 Å². The highest BCUT2D eigenvalue weighted by molar-refractivity contribution is 7.12. The Hall–Kier alpha value is -2.15. The molecule has 23 heavy (non-hydrogen) atoms. The van der Waals surface area contributed by atoms with Crippen LogP contribution in [0.1, 0.15) is 9.67 Å². The molecule has 2 heterocycles. The average molecular weight is 365 g/mol. The Kier molecular flexibility index (Phi) is 4.76. The fourth-order valence-corrected chi connectivity index (χ4v) is 2.69. The van der Waals surface area contributed by atoms with E-state index in [9.17, 15) is 4.79 Å². The molecule has 1 amide bonds. The van der Waals surface area contributed by atoms with Crippen LogP contribution in [0.15, 0.2) is 47.8 Å². The number of nitrogens with one attached hydrogen (secondary N) is 2. The molecule has 0 saturated carbocycles. The zero-order valence-corrected chi connectivity index (χ0v) is 13.9. The molecular weight excluding hydrogens is 355 g/mol. The maximum Gasteiger partial charge on any atom is 0.266 e. The molecule has 0 fully saturated rings. The van der Waals surface area contributed by atoms with E-state index >= 15 is 0 Å². The summed E-state index contributed by atoms with van der Waals surface area (Å²) in [6.45, 7) is 0. The number of carbonyl (C=O) groups is 1. The topological polar surface area (TPSA) is 66.9 Å². The maximum absolute atomic E-state index is 11.9. The predicted octanol–water partition coefficient (Wildman–Crippen LogP) is 4.84. The molecule has 0 aliphatic rings. The van der Waals surface area contributed by atoms with E-state index in [0.29, 0.717) is 26.6 Å². The van der Waals surface area contributed by atoms with Gasteiger partial charge in [-0.25, -0.2) is 0 Å². The van der Waals surface area contributed by atoms with Crippen molar-refractivity contribution in [2.75, 3.05) is 10.6 Å². The van der Waals surface area contributed by atoms with Crippen LogP contribution in [-0.4, -0.2) is 16.1 Å². The van der Waals surface area contributed by atoms with E-state index in [-0.39, 0.29) is 5.91 Å². The molecule has 0 saturated heterocycles. The molecule has 8 heteroatoms. The third-order valence-corrected chi connectivity index (χ3v) is 4.45. The summed E-state index contributed by atoms with van der Waals surface area (Å²) in [5, 5.41) is 16.5. The molecule has 3 rings (SSSR count). The Labute approximate surface area is 146 Å². The van der Waals surface area contributed by atoms with Crippen molar-refractivity contribution in [3.8, 4) is 0 Å². The van der Waals surface area contributed by atoms with Gasteiger partial charge in [-0.15, -0.1) is 21.5 Å². The van der Waals surface area contributed by atoms with Crippen molar-refractivity contribution < 1.29 is 4.79 Å². The van der Waals surface area contributed by atoms with Crippen LogP contribution in [0, 0.1) is 0 Å². The van der Waals surface area contributed by atoms with Crippen LogP contribution in [-0.2, 0) is 0 Å². The standard InChI is InChI=1S/C15H10Cl2N4OS/c16-10-4-3-9(8-11(10)17)18-13-5-6-14(21-20-13)19-15(22)12-2-1-7-23-12/h1-8H,(H,18,20)(H,19,21,22). The number of halogens is 2. The van der Waals surface area contributed by atoms with Crippen molar-refractivity contribution in [1.82, 2.24) is 10.2 Å². The Morgan fingerprint density at radius 1 is 1.00 bits per heavy atom. The summed E-state index contributed by atoms with van der Waals surface area (Å²) < 4.78 is 0. The Balaban J connectivity index is 1.67. The highest BCUT2D eigenvalue weighted by Gasteiger charge is 2.08. The largest absolute Gasteiger partial charge is 0.339 e. The lowest BCUT2D eigenvalue weighted by Gasteiger charge is -2.07. The summed E-state index contributed by atoms with van der Waals surface area (Å²) in [5.74, 6) is 0.695. The van der Waals surface area contributed by atoms with Crippen LogP contribution >= 0.6 is 34.5 Å². The van der Waals surface area contributed by atoms with Crippen molar-refractivity contribution in [2.45, 2.75) is 0 Å². The highest BCUT2D eigenvalue weighted by Crippen LogP contribution is 2.26. The van der Waals surface area contributed by atoms with Crippen molar-refractivity contribution in [2.24, 2.45) is 0 Å². The summed E-state index contributed by atoms with van der Waals surface area (Å²) in [6.07, 6.45) is 0. The number of rotatable bonds is 4. The van der Waals surface area contributed by atoms with Gasteiger partial charge < -0.3 is 10.6 Å². The number of amides is 1. The first-order chi connectivity index (χ1) is 11.1. The second-order valence-corrected chi connectivity index (χ2v) is 6.25. The van der Waals surface area contributed by atoms with Gasteiger partial charge in [0, 0.05) is 5.69 Å². The van der Waals surface area contributed by atoms with E-state index in [2.05, 4.69) is 20.8 Å². The van der Waals surface area contributed by atoms with Gasteiger partial charge in [0.1, 0.15) is 0 Å². The highest BCUT2D eigenvalue weighted by atomic mass is 35.5. The molecule has 0 aliphatic carbocycles. The lowest BCUT2D eigenvalue weighted by atomic mass is 10.3. The molecule has 3 aromatic rings. The maximum atomic E-state index is 11.9. The van der Waals surface area contributed by atoms with E-state index in [0.717, 1.165) is 5.69 Å². The van der Waals surface area contributed by atoms with E-state index in [1.165, 1.54) is 11.3 Å². The SMILES string of the molecule is O=C(Nc1ccc(Nc2ccc(Cl)c(Cl)c2)nn1)c1cccs1. The summed E-state index contributed by atoms with van der Waals surface area (Å²) in [5.41, 5.74) is 0.740. The number of thiophene rings is 1. The van der Waals surface area contributed by atoms with Gasteiger partial charge >= 0.3 is 0 Å². The van der Waals surface area contributed by atoms with Crippen LogP contribution in [0.25, 0.3) is 0 Å². The fourth-order valence-electron chi connectivity index (χ4n) is 1.77. The van der Waals surface area contributed by atoms with Gasteiger partial charge in [-0.1, -0.05) is 29.3 Å². The molecule has 116 valence electrons. The summed E-state index contributed by atoms with van der Waals surface area (Å²) in [7, 11) is 0. The minimum Gasteiger partial charge on any atom is -0.339 e. The molecule has 0 aliphatic heterocycles. The third-order valence-electron chi connectivity index (χ3n) is 2.84. The molecule has 5 nitrogen and oxygen atoms in total. The second-order valence-electron chi connectivity index (χ2n) is 4.49. The minimum atomic E-state index is -0.209. The Bertz CT molecular complexity index is 822. The zero-order valence-electron chi connectivity index (χ0n) is 11.6. The number of aromatic nitrogens is 2. The first-order valence-corrected chi connectivity index (χ1v) is 8.16. The van der Waals surface area contributed by atoms with Gasteiger partial charge in [-0.05, 0) is 41.8 Å². The van der Waals surface area contributed by atoms with Crippen molar-refractivity contribution in [1.29, 1.82) is 0 Å². The number of benzene rings is 1. The van der Waals surface area contributed by atoms with Gasteiger partial charge in [0.05, 0.1) is 14.9 Å². The van der Waals surface area contributed by atoms with Crippen molar-refractivity contribution in [3.05, 3.63) is 62.8 Å². The van der Waals surface area contributed by atoms with Crippen LogP contribution < -0.4 is 10.6 Å². The zero-order chi connectivity index (χ0) is 16.2. The first-order valence-electron chi connectivity index (χ1n) is 6.52. The van der Waals surface area contributed by atoms with Crippen LogP contribution in [0.4, 0.5) is 17.3 Å². The third kappa shape index (κ3) is 3.98. The molecule has 0 unspecified atom stereocenters. The molecule has 0 spiro atoms. The minimum absolute atomic E-state index is 0.209. The monoisotopic (exact) mass is 364 g/mol. The molecule has 2 N–H and O–H groups in total. The molecule has 0 atom stereocenters. The van der Waals surface area contributed by atoms with E-state index in [1.807, 2.05) is 11.4 Å². The van der Waals surface area contributed by atoms with Crippen LogP contribution in [0.2, 0.25) is 10.0 Å². The number of hydrogen-bond donors (Lipinski definition) is 2. The van der Waals surface area contributed by atoms with E-state index in [1.54, 1.807) is 36.4 Å². The van der Waals surface area contributed by atoms with Crippen LogP contribution in [0.3, 0.4) is 0 Å². The molecule has 2 aromatic heterocycles. The number of nitrogens with zero attached hydrogens (tertiary/aromatic N) is 2. The second kappa shape index (κ2) is 6.95. The fraction of sp³-hybridized carbons (Fsp3) is 0. The first kappa shape index (κ1) is 15.7. The van der Waals surface area contributed by atoms with Crippen molar-refractivity contribution in [3.63, 3.8) is 0 Å². The van der Waals surface area contributed by atoms with Gasteiger partial charge in [-0.3, -0.25) is 4.79 Å². The Morgan fingerprint density at radius 3 is 2.43 bits per heavy atom. The summed E-state index contributed by atoms with van der Waals surface area (Å²) in [6, 6.07) is 12.1. The number of hydrogen-bond acceptors (Lipinski definition) is 5. The van der Waals surface area contributed by atoms with Crippen LogP contribution in [0.5, 0.6) is 0 Å². The summed E-state index contributed by atoms with van der Waals surface area (Å²) >= 11 is 13.2. The number of anilines is 3. The smallest absolute Gasteiger partial charge is 0.266 e. The summed E-state index contributed by atoms with van der Waals surface area (Å²) in [4.78, 5) is 12.5. The molecule has 0 bridgehead atoms. The molecular formula is C15H10Cl2N4OS. The van der Waals surface area contributed by atoms with Gasteiger partial charge in [0.25, 0.3) is 5.91 Å². The van der Waals surface area contributed by atoms with Crippen molar-refractivity contribution >= 4 is 57.8 Å². The normalized spacial score (nSPS) is 10.3. The van der Waals surface area contributed by atoms with Gasteiger partial charge in [-0.2, -0.15) is 0 Å². The predicted molar refractivity (Wildman–Crippen MR) is 94.0 cm³/mol. The lowest BCUT2D eigenvalue weighted by Crippen LogP contribution is -2.12. The number of carbonyl (C=O) groups excluding carboxylic acids is 1. The Morgan fingerprint density at radius 2 is 1.78 bits per heavy atom. The molecule has 1 aromatic carbocycles. The van der Waals surface area contributed by atoms with Gasteiger partial charge in [0.15, 0.2) is 11.6 Å². The van der Waals surface area contributed by atoms with Gasteiger partial charge in [0.2, 0.25) is 0 Å². The molecule has 0 radical (unpaired) electrons. The van der Waals surface area contributed by atoms with E-state index < -0.39 is 0 Å².